The molecule has 0 unspecified atom stereocenters. The minimum absolute atomic E-state index is 0.0128. The summed E-state index contributed by atoms with van der Waals surface area (Å²) in [4.78, 5) is 22.5. The standard InChI is InChI=1S/C14H19NO4/c1-4-19-9-12(16)15-11-7-5-10(6-8-11)14(2,3)13(17)18/h5-8H,4,9H2,1-3H3,(H,15,16)(H,17,18). The fourth-order valence-electron chi connectivity index (χ4n) is 1.49. The zero-order valence-electron chi connectivity index (χ0n) is 11.4. The highest BCUT2D eigenvalue weighted by molar-refractivity contribution is 5.91. The van der Waals surface area contributed by atoms with Crippen LogP contribution in [-0.2, 0) is 19.7 Å². The Morgan fingerprint density at radius 1 is 1.26 bits per heavy atom. The van der Waals surface area contributed by atoms with Gasteiger partial charge in [-0.25, -0.2) is 0 Å². The summed E-state index contributed by atoms with van der Waals surface area (Å²) >= 11 is 0. The Kier molecular flexibility index (Phi) is 5.06. The number of hydrogen-bond acceptors (Lipinski definition) is 3. The maximum Gasteiger partial charge on any atom is 0.313 e. The van der Waals surface area contributed by atoms with E-state index in [0.29, 0.717) is 17.9 Å². The second kappa shape index (κ2) is 6.33. The van der Waals surface area contributed by atoms with Gasteiger partial charge in [-0.2, -0.15) is 0 Å². The third kappa shape index (κ3) is 4.06. The SMILES string of the molecule is CCOCC(=O)Nc1ccc(C(C)(C)C(=O)O)cc1. The van der Waals surface area contributed by atoms with Crippen molar-refractivity contribution in [2.75, 3.05) is 18.5 Å². The van der Waals surface area contributed by atoms with Crippen molar-refractivity contribution in [1.29, 1.82) is 0 Å². The number of anilines is 1. The zero-order chi connectivity index (χ0) is 14.5. The summed E-state index contributed by atoms with van der Waals surface area (Å²) in [6, 6.07) is 6.77. The van der Waals surface area contributed by atoms with Crippen molar-refractivity contribution in [3.8, 4) is 0 Å². The highest BCUT2D eigenvalue weighted by Crippen LogP contribution is 2.24. The van der Waals surface area contributed by atoms with E-state index in [1.807, 2.05) is 6.92 Å². The lowest BCUT2D eigenvalue weighted by Crippen LogP contribution is -2.28. The molecule has 0 aromatic heterocycles. The van der Waals surface area contributed by atoms with Crippen LogP contribution >= 0.6 is 0 Å². The summed E-state index contributed by atoms with van der Waals surface area (Å²) in [6.07, 6.45) is 0. The van der Waals surface area contributed by atoms with Crippen LogP contribution in [0.15, 0.2) is 24.3 Å². The molecule has 0 saturated heterocycles. The molecule has 1 amide bonds. The lowest BCUT2D eigenvalue weighted by atomic mass is 9.85. The molecule has 0 saturated carbocycles. The number of nitrogens with one attached hydrogen (secondary N) is 1. The molecule has 1 aromatic carbocycles. The number of amides is 1. The molecule has 104 valence electrons. The van der Waals surface area contributed by atoms with Crippen LogP contribution in [0.5, 0.6) is 0 Å². The van der Waals surface area contributed by atoms with Crippen LogP contribution in [0.4, 0.5) is 5.69 Å². The maximum absolute atomic E-state index is 11.4. The molecule has 0 fully saturated rings. The molecule has 2 N–H and O–H groups in total. The van der Waals surface area contributed by atoms with Crippen molar-refractivity contribution in [2.24, 2.45) is 0 Å². The fourth-order valence-corrected chi connectivity index (χ4v) is 1.49. The molecule has 0 aliphatic carbocycles. The van der Waals surface area contributed by atoms with Gasteiger partial charge in [-0.1, -0.05) is 12.1 Å². The van der Waals surface area contributed by atoms with Crippen LogP contribution < -0.4 is 5.32 Å². The van der Waals surface area contributed by atoms with Crippen LogP contribution in [0.2, 0.25) is 0 Å². The minimum atomic E-state index is -0.951. The Morgan fingerprint density at radius 2 is 1.84 bits per heavy atom. The van der Waals surface area contributed by atoms with Crippen molar-refractivity contribution >= 4 is 17.6 Å². The van der Waals surface area contributed by atoms with E-state index >= 15 is 0 Å². The molecular formula is C14H19NO4. The Morgan fingerprint density at radius 3 is 2.32 bits per heavy atom. The lowest BCUT2D eigenvalue weighted by molar-refractivity contribution is -0.142. The number of benzene rings is 1. The summed E-state index contributed by atoms with van der Waals surface area (Å²) in [5.74, 6) is -1.12. The highest BCUT2D eigenvalue weighted by atomic mass is 16.5. The van der Waals surface area contributed by atoms with Crippen molar-refractivity contribution < 1.29 is 19.4 Å². The normalized spacial score (nSPS) is 11.1. The minimum Gasteiger partial charge on any atom is -0.481 e. The molecule has 0 atom stereocenters. The molecule has 0 spiro atoms. The fraction of sp³-hybridized carbons (Fsp3) is 0.429. The van der Waals surface area contributed by atoms with E-state index in [0.717, 1.165) is 0 Å². The zero-order valence-corrected chi connectivity index (χ0v) is 11.4. The molecule has 0 aliphatic heterocycles. The van der Waals surface area contributed by atoms with Crippen LogP contribution in [0.3, 0.4) is 0 Å². The van der Waals surface area contributed by atoms with Gasteiger partial charge in [0.2, 0.25) is 5.91 Å². The van der Waals surface area contributed by atoms with Crippen LogP contribution in [0.25, 0.3) is 0 Å². The monoisotopic (exact) mass is 265 g/mol. The van der Waals surface area contributed by atoms with E-state index in [1.165, 1.54) is 0 Å². The van der Waals surface area contributed by atoms with E-state index < -0.39 is 11.4 Å². The summed E-state index contributed by atoms with van der Waals surface area (Å²) in [5, 5.41) is 11.8. The molecule has 5 nitrogen and oxygen atoms in total. The van der Waals surface area contributed by atoms with Gasteiger partial charge in [-0.3, -0.25) is 9.59 Å². The Hall–Kier alpha value is -1.88. The summed E-state index contributed by atoms with van der Waals surface area (Å²) in [6.45, 7) is 5.59. The predicted octanol–water partition coefficient (Wildman–Crippen LogP) is 2.02. The van der Waals surface area contributed by atoms with Gasteiger partial charge in [0.1, 0.15) is 6.61 Å². The van der Waals surface area contributed by atoms with Crippen LogP contribution in [-0.4, -0.2) is 30.2 Å². The third-order valence-electron chi connectivity index (χ3n) is 2.86. The first-order valence-electron chi connectivity index (χ1n) is 6.09. The van der Waals surface area contributed by atoms with Crippen LogP contribution in [0.1, 0.15) is 26.3 Å². The number of carbonyl (C=O) groups excluding carboxylic acids is 1. The molecule has 0 aliphatic rings. The molecule has 5 heteroatoms. The summed E-state index contributed by atoms with van der Waals surface area (Å²) < 4.78 is 4.99. The number of carboxylic acid groups (broad SMARTS) is 1. The largest absolute Gasteiger partial charge is 0.481 e. The smallest absolute Gasteiger partial charge is 0.313 e. The van der Waals surface area contributed by atoms with Gasteiger partial charge in [0.15, 0.2) is 0 Å². The van der Waals surface area contributed by atoms with Gasteiger partial charge in [0.05, 0.1) is 5.41 Å². The molecule has 1 aromatic rings. The van der Waals surface area contributed by atoms with E-state index in [2.05, 4.69) is 5.32 Å². The van der Waals surface area contributed by atoms with Gasteiger partial charge in [0.25, 0.3) is 0 Å². The van der Waals surface area contributed by atoms with Crippen molar-refractivity contribution in [1.82, 2.24) is 0 Å². The summed E-state index contributed by atoms with van der Waals surface area (Å²) in [5.41, 5.74) is 0.353. The van der Waals surface area contributed by atoms with Crippen LogP contribution in [0, 0.1) is 0 Å². The molecule has 0 bridgehead atoms. The topological polar surface area (TPSA) is 75.6 Å². The maximum atomic E-state index is 11.4. The van der Waals surface area contributed by atoms with Crippen molar-refractivity contribution in [2.45, 2.75) is 26.2 Å². The van der Waals surface area contributed by atoms with Gasteiger partial charge >= 0.3 is 5.97 Å². The Bertz CT molecular complexity index is 451. The van der Waals surface area contributed by atoms with E-state index in [-0.39, 0.29) is 12.5 Å². The van der Waals surface area contributed by atoms with Gasteiger partial charge < -0.3 is 15.2 Å². The Labute approximate surface area is 112 Å². The number of ether oxygens (including phenoxy) is 1. The number of hydrogen-bond donors (Lipinski definition) is 2. The number of carboxylic acids is 1. The first kappa shape index (κ1) is 15.2. The Balaban J connectivity index is 2.72. The average Bonchev–Trinajstić information content (AvgIpc) is 2.36. The van der Waals surface area contributed by atoms with E-state index in [9.17, 15) is 9.59 Å². The number of carbonyl (C=O) groups is 2. The highest BCUT2D eigenvalue weighted by Gasteiger charge is 2.29. The average molecular weight is 265 g/mol. The predicted molar refractivity (Wildman–Crippen MR) is 72.2 cm³/mol. The third-order valence-corrected chi connectivity index (χ3v) is 2.86. The first-order valence-corrected chi connectivity index (χ1v) is 6.09. The van der Waals surface area contributed by atoms with Crippen molar-refractivity contribution in [3.63, 3.8) is 0 Å². The van der Waals surface area contributed by atoms with E-state index in [4.69, 9.17) is 9.84 Å². The van der Waals surface area contributed by atoms with E-state index in [1.54, 1.807) is 38.1 Å². The van der Waals surface area contributed by atoms with Gasteiger partial charge in [0, 0.05) is 12.3 Å². The molecule has 1 rings (SSSR count). The number of rotatable bonds is 6. The molecule has 0 heterocycles. The summed E-state index contributed by atoms with van der Waals surface area (Å²) in [7, 11) is 0. The molecule has 19 heavy (non-hydrogen) atoms. The first-order chi connectivity index (χ1) is 8.87. The van der Waals surface area contributed by atoms with Gasteiger partial charge in [-0.05, 0) is 38.5 Å². The van der Waals surface area contributed by atoms with Gasteiger partial charge in [-0.15, -0.1) is 0 Å². The second-order valence-electron chi connectivity index (χ2n) is 4.69. The molecular weight excluding hydrogens is 246 g/mol. The molecule has 0 radical (unpaired) electrons. The lowest BCUT2D eigenvalue weighted by Gasteiger charge is -2.19. The van der Waals surface area contributed by atoms with Crippen molar-refractivity contribution in [3.05, 3.63) is 29.8 Å². The number of aliphatic carboxylic acids is 1. The second-order valence-corrected chi connectivity index (χ2v) is 4.69. The quantitative estimate of drug-likeness (QED) is 0.825.